The molecule has 9 nitrogen and oxygen atoms in total. The molecule has 1 aromatic heterocycles. The predicted octanol–water partition coefficient (Wildman–Crippen LogP) is -0.400. The van der Waals surface area contributed by atoms with Gasteiger partial charge in [0.15, 0.2) is 5.69 Å². The average molecular weight is 305 g/mol. The Morgan fingerprint density at radius 2 is 2.05 bits per heavy atom. The molecule has 0 aliphatic rings. The lowest BCUT2D eigenvalue weighted by Gasteiger charge is -2.16. The normalized spacial score (nSPS) is 11.6. The maximum Gasteiger partial charge on any atom is 0.357 e. The molecule has 1 heterocycles. The fourth-order valence-corrected chi connectivity index (χ4v) is 2.96. The minimum atomic E-state index is -4.05. The molecule has 0 aliphatic heterocycles. The number of carboxylic acid groups (broad SMARTS) is 1. The Morgan fingerprint density at radius 3 is 2.55 bits per heavy atom. The first-order chi connectivity index (χ1) is 9.21. The number of aryl methyl sites for hydroxylation is 1. The average Bonchev–Trinajstić information content (AvgIpc) is 2.77. The van der Waals surface area contributed by atoms with E-state index in [1.165, 1.54) is 21.1 Å². The molecule has 10 heteroatoms. The number of aromatic nitrogens is 2. The standard InChI is InChI=1S/C10H15N3O6S/c1-6-9(8(10(15)16)12-11-6)20(17,18)13(2)5-4-7(14)19-3/h4-5H2,1-3H3,(H,11,12)(H,15,16). The zero-order valence-corrected chi connectivity index (χ0v) is 12.0. The van der Waals surface area contributed by atoms with Crippen molar-refractivity contribution < 1.29 is 27.9 Å². The number of aromatic carboxylic acids is 1. The summed E-state index contributed by atoms with van der Waals surface area (Å²) < 4.78 is 29.9. The Labute approximate surface area is 115 Å². The van der Waals surface area contributed by atoms with E-state index < -0.39 is 32.6 Å². The summed E-state index contributed by atoms with van der Waals surface area (Å²) in [5, 5.41) is 14.7. The number of rotatable bonds is 6. The van der Waals surface area contributed by atoms with E-state index in [0.717, 1.165) is 4.31 Å². The lowest BCUT2D eigenvalue weighted by atomic mass is 10.4. The third-order valence-electron chi connectivity index (χ3n) is 2.62. The van der Waals surface area contributed by atoms with Gasteiger partial charge in [-0.15, -0.1) is 0 Å². The van der Waals surface area contributed by atoms with Crippen LogP contribution in [-0.2, 0) is 19.6 Å². The number of carbonyl (C=O) groups excluding carboxylic acids is 1. The number of carbonyl (C=O) groups is 2. The largest absolute Gasteiger partial charge is 0.476 e. The van der Waals surface area contributed by atoms with Crippen molar-refractivity contribution in [2.24, 2.45) is 0 Å². The molecule has 0 saturated carbocycles. The Morgan fingerprint density at radius 1 is 1.45 bits per heavy atom. The van der Waals surface area contributed by atoms with Crippen molar-refractivity contribution in [3.05, 3.63) is 11.4 Å². The summed E-state index contributed by atoms with van der Waals surface area (Å²) in [4.78, 5) is 21.6. The SMILES string of the molecule is COC(=O)CCN(C)S(=O)(=O)c1c(C(=O)O)n[nH]c1C. The van der Waals surface area contributed by atoms with Crippen molar-refractivity contribution in [1.29, 1.82) is 0 Å². The Bertz CT molecular complexity index is 621. The van der Waals surface area contributed by atoms with E-state index in [1.54, 1.807) is 0 Å². The molecule has 1 rings (SSSR count). The highest BCUT2D eigenvalue weighted by atomic mass is 32.2. The van der Waals surface area contributed by atoms with E-state index >= 15 is 0 Å². The summed E-state index contributed by atoms with van der Waals surface area (Å²) in [5.74, 6) is -2.01. The van der Waals surface area contributed by atoms with Crippen LogP contribution in [-0.4, -0.2) is 60.7 Å². The first-order valence-corrected chi connectivity index (χ1v) is 6.97. The Balaban J connectivity index is 3.08. The number of H-pyrrole nitrogens is 1. The molecule has 0 unspecified atom stereocenters. The summed E-state index contributed by atoms with van der Waals surface area (Å²) in [5.41, 5.74) is -0.459. The van der Waals surface area contributed by atoms with Crippen molar-refractivity contribution >= 4 is 22.0 Å². The molecule has 0 spiro atoms. The molecule has 1 aromatic rings. The number of nitrogens with zero attached hydrogens (tertiary/aromatic N) is 2. The quantitative estimate of drug-likeness (QED) is 0.684. The van der Waals surface area contributed by atoms with Crippen LogP contribution in [0.2, 0.25) is 0 Å². The van der Waals surface area contributed by atoms with E-state index in [1.807, 2.05) is 0 Å². The molecule has 0 radical (unpaired) electrons. The van der Waals surface area contributed by atoms with Gasteiger partial charge in [-0.3, -0.25) is 9.89 Å². The van der Waals surface area contributed by atoms with Gasteiger partial charge >= 0.3 is 11.9 Å². The van der Waals surface area contributed by atoms with Crippen LogP contribution in [0.5, 0.6) is 0 Å². The minimum Gasteiger partial charge on any atom is -0.476 e. The molecule has 20 heavy (non-hydrogen) atoms. The van der Waals surface area contributed by atoms with Crippen molar-refractivity contribution in [2.45, 2.75) is 18.2 Å². The smallest absolute Gasteiger partial charge is 0.357 e. The van der Waals surface area contributed by atoms with Crippen molar-refractivity contribution in [1.82, 2.24) is 14.5 Å². The van der Waals surface area contributed by atoms with E-state index in [9.17, 15) is 18.0 Å². The number of hydrogen-bond donors (Lipinski definition) is 2. The molecule has 2 N–H and O–H groups in total. The monoisotopic (exact) mass is 305 g/mol. The number of aromatic amines is 1. The lowest BCUT2D eigenvalue weighted by Crippen LogP contribution is -2.30. The van der Waals surface area contributed by atoms with Gasteiger partial charge in [-0.25, -0.2) is 17.5 Å². The fourth-order valence-electron chi connectivity index (χ4n) is 1.51. The fraction of sp³-hybridized carbons (Fsp3) is 0.500. The summed E-state index contributed by atoms with van der Waals surface area (Å²) in [6.45, 7) is 1.28. The van der Waals surface area contributed by atoms with Crippen molar-refractivity contribution in [3.8, 4) is 0 Å². The summed E-state index contributed by atoms with van der Waals surface area (Å²) >= 11 is 0. The molecule has 0 saturated heterocycles. The number of carboxylic acids is 1. The molecule has 0 fully saturated rings. The predicted molar refractivity (Wildman–Crippen MR) is 66.7 cm³/mol. The van der Waals surface area contributed by atoms with Crippen LogP contribution in [0.15, 0.2) is 4.90 Å². The van der Waals surface area contributed by atoms with Gasteiger partial charge in [0, 0.05) is 13.6 Å². The molecule has 0 atom stereocenters. The van der Waals surface area contributed by atoms with Gasteiger partial charge in [-0.05, 0) is 6.92 Å². The molecular weight excluding hydrogens is 290 g/mol. The number of ether oxygens (including phenoxy) is 1. The van der Waals surface area contributed by atoms with Crippen LogP contribution >= 0.6 is 0 Å². The van der Waals surface area contributed by atoms with Crippen LogP contribution < -0.4 is 0 Å². The highest BCUT2D eigenvalue weighted by molar-refractivity contribution is 7.89. The molecule has 0 bridgehead atoms. The molecular formula is C10H15N3O6S. The van der Waals surface area contributed by atoms with E-state index in [-0.39, 0.29) is 18.7 Å². The van der Waals surface area contributed by atoms with Crippen LogP contribution in [0.25, 0.3) is 0 Å². The maximum atomic E-state index is 12.3. The maximum absolute atomic E-state index is 12.3. The van der Waals surface area contributed by atoms with Gasteiger partial charge in [0.05, 0.1) is 19.2 Å². The third kappa shape index (κ3) is 3.14. The summed E-state index contributed by atoms with van der Waals surface area (Å²) in [7, 11) is -1.61. The second-order valence-electron chi connectivity index (χ2n) is 3.98. The van der Waals surface area contributed by atoms with Gasteiger partial charge in [-0.1, -0.05) is 0 Å². The highest BCUT2D eigenvalue weighted by Gasteiger charge is 2.31. The van der Waals surface area contributed by atoms with Gasteiger partial charge in [0.25, 0.3) is 0 Å². The Kier molecular flexibility index (Phi) is 4.84. The topological polar surface area (TPSA) is 130 Å². The number of nitrogens with one attached hydrogen (secondary N) is 1. The third-order valence-corrected chi connectivity index (χ3v) is 4.64. The van der Waals surface area contributed by atoms with Gasteiger partial charge in [-0.2, -0.15) is 5.10 Å². The lowest BCUT2D eigenvalue weighted by molar-refractivity contribution is -0.140. The second-order valence-corrected chi connectivity index (χ2v) is 5.97. The highest BCUT2D eigenvalue weighted by Crippen LogP contribution is 2.21. The molecule has 0 aromatic carbocycles. The van der Waals surface area contributed by atoms with Gasteiger partial charge in [0.2, 0.25) is 10.0 Å². The van der Waals surface area contributed by atoms with Crippen LogP contribution in [0, 0.1) is 6.92 Å². The minimum absolute atomic E-state index is 0.118. The second kappa shape index (κ2) is 6.01. The summed E-state index contributed by atoms with van der Waals surface area (Å²) in [6.07, 6.45) is -0.133. The van der Waals surface area contributed by atoms with Crippen LogP contribution in [0.1, 0.15) is 22.6 Å². The summed E-state index contributed by atoms with van der Waals surface area (Å²) in [6, 6.07) is 0. The van der Waals surface area contributed by atoms with Crippen LogP contribution in [0.3, 0.4) is 0 Å². The zero-order valence-electron chi connectivity index (χ0n) is 11.2. The number of sulfonamides is 1. The molecule has 0 amide bonds. The first-order valence-electron chi connectivity index (χ1n) is 5.53. The van der Waals surface area contributed by atoms with E-state index in [2.05, 4.69) is 14.9 Å². The molecule has 112 valence electrons. The number of esters is 1. The zero-order chi connectivity index (χ0) is 15.5. The number of hydrogen-bond acceptors (Lipinski definition) is 6. The molecule has 0 aliphatic carbocycles. The van der Waals surface area contributed by atoms with Gasteiger partial charge < -0.3 is 9.84 Å². The Hall–Kier alpha value is -1.94. The van der Waals surface area contributed by atoms with Crippen molar-refractivity contribution in [2.75, 3.05) is 20.7 Å². The van der Waals surface area contributed by atoms with Crippen LogP contribution in [0.4, 0.5) is 0 Å². The van der Waals surface area contributed by atoms with Crippen molar-refractivity contribution in [3.63, 3.8) is 0 Å². The van der Waals surface area contributed by atoms with Gasteiger partial charge in [0.1, 0.15) is 4.90 Å². The van der Waals surface area contributed by atoms with E-state index in [4.69, 9.17) is 5.11 Å². The number of methoxy groups -OCH3 is 1. The van der Waals surface area contributed by atoms with E-state index in [0.29, 0.717) is 0 Å². The first kappa shape index (κ1) is 16.1.